The van der Waals surface area contributed by atoms with Crippen LogP contribution in [-0.2, 0) is 0 Å². The van der Waals surface area contributed by atoms with E-state index in [0.717, 1.165) is 36.0 Å². The number of halogens is 1. The van der Waals surface area contributed by atoms with Crippen LogP contribution in [0.15, 0.2) is 45.6 Å². The van der Waals surface area contributed by atoms with Crippen LogP contribution in [0.4, 0.5) is 0 Å². The summed E-state index contributed by atoms with van der Waals surface area (Å²) in [6.45, 7) is 1.71. The van der Waals surface area contributed by atoms with Crippen LogP contribution in [0, 0.1) is 0 Å². The van der Waals surface area contributed by atoms with Gasteiger partial charge >= 0.3 is 0 Å². The number of carbonyl (C=O) groups is 1. The number of hydrogen-bond donors (Lipinski definition) is 0. The van der Waals surface area contributed by atoms with E-state index < -0.39 is 0 Å². The molecule has 0 unspecified atom stereocenters. The van der Waals surface area contributed by atoms with Crippen molar-refractivity contribution in [3.63, 3.8) is 0 Å². The van der Waals surface area contributed by atoms with Gasteiger partial charge in [0.1, 0.15) is 0 Å². The number of amides is 1. The maximum atomic E-state index is 12.5. The molecule has 1 aromatic heterocycles. The Bertz CT molecular complexity index is 588. The molecule has 2 nitrogen and oxygen atoms in total. The Morgan fingerprint density at radius 2 is 2.05 bits per heavy atom. The Hall–Kier alpha value is -1.13. The first-order valence-corrected chi connectivity index (χ1v) is 8.54. The van der Waals surface area contributed by atoms with Crippen molar-refractivity contribution in [3.8, 4) is 0 Å². The Labute approximate surface area is 131 Å². The van der Waals surface area contributed by atoms with E-state index in [9.17, 15) is 4.79 Å². The second kappa shape index (κ2) is 6.10. The van der Waals surface area contributed by atoms with Gasteiger partial charge in [-0.15, -0.1) is 0 Å². The second-order valence-electron chi connectivity index (χ2n) is 5.13. The maximum absolute atomic E-state index is 12.5. The Morgan fingerprint density at radius 3 is 2.70 bits per heavy atom. The summed E-state index contributed by atoms with van der Waals surface area (Å²) in [7, 11) is 0. The number of nitrogens with zero attached hydrogens (tertiary/aromatic N) is 1. The molecule has 20 heavy (non-hydrogen) atoms. The van der Waals surface area contributed by atoms with Crippen LogP contribution >= 0.6 is 27.3 Å². The highest BCUT2D eigenvalue weighted by Gasteiger charge is 2.24. The smallest absolute Gasteiger partial charge is 0.253 e. The number of thiophene rings is 1. The second-order valence-corrected chi connectivity index (χ2v) is 6.83. The van der Waals surface area contributed by atoms with Gasteiger partial charge in [-0.3, -0.25) is 4.79 Å². The zero-order valence-electron chi connectivity index (χ0n) is 11.1. The third-order valence-electron chi connectivity index (χ3n) is 3.87. The quantitative estimate of drug-likeness (QED) is 0.779. The fourth-order valence-electron chi connectivity index (χ4n) is 2.73. The first-order chi connectivity index (χ1) is 9.74. The van der Waals surface area contributed by atoms with Crippen LogP contribution in [0.25, 0.3) is 0 Å². The Kier molecular flexibility index (Phi) is 4.22. The van der Waals surface area contributed by atoms with Gasteiger partial charge in [0.05, 0.1) is 0 Å². The summed E-state index contributed by atoms with van der Waals surface area (Å²) in [6.07, 6.45) is 2.13. The molecule has 2 heterocycles. The zero-order chi connectivity index (χ0) is 13.9. The lowest BCUT2D eigenvalue weighted by Crippen LogP contribution is -2.37. The van der Waals surface area contributed by atoms with E-state index in [1.54, 1.807) is 11.3 Å². The first kappa shape index (κ1) is 13.8. The molecule has 2 aromatic rings. The molecule has 0 radical (unpaired) electrons. The number of piperidine rings is 1. The van der Waals surface area contributed by atoms with E-state index in [4.69, 9.17) is 0 Å². The monoisotopic (exact) mass is 349 g/mol. The summed E-state index contributed by atoms with van der Waals surface area (Å²) in [5.41, 5.74) is 2.21. The molecule has 4 heteroatoms. The van der Waals surface area contributed by atoms with Gasteiger partial charge in [-0.25, -0.2) is 0 Å². The molecular weight excluding hydrogens is 334 g/mol. The molecule has 104 valence electrons. The minimum Gasteiger partial charge on any atom is -0.339 e. The van der Waals surface area contributed by atoms with Crippen LogP contribution < -0.4 is 0 Å². The van der Waals surface area contributed by atoms with Gasteiger partial charge in [-0.2, -0.15) is 11.3 Å². The lowest BCUT2D eigenvalue weighted by atomic mass is 9.91. The van der Waals surface area contributed by atoms with E-state index in [1.165, 1.54) is 5.56 Å². The third-order valence-corrected chi connectivity index (χ3v) is 5.06. The minimum absolute atomic E-state index is 0.148. The number of likely N-dealkylation sites (tertiary alicyclic amines) is 1. The van der Waals surface area contributed by atoms with Crippen molar-refractivity contribution in [2.24, 2.45) is 0 Å². The molecule has 1 fully saturated rings. The van der Waals surface area contributed by atoms with Crippen LogP contribution in [0.5, 0.6) is 0 Å². The van der Waals surface area contributed by atoms with Gasteiger partial charge in [-0.05, 0) is 59.3 Å². The fourth-order valence-corrected chi connectivity index (χ4v) is 3.87. The Morgan fingerprint density at radius 1 is 1.25 bits per heavy atom. The number of hydrogen-bond acceptors (Lipinski definition) is 2. The van der Waals surface area contributed by atoms with Crippen molar-refractivity contribution in [2.45, 2.75) is 18.8 Å². The van der Waals surface area contributed by atoms with E-state index in [-0.39, 0.29) is 5.91 Å². The summed E-state index contributed by atoms with van der Waals surface area (Å²) in [6, 6.07) is 9.85. The summed E-state index contributed by atoms with van der Waals surface area (Å²) < 4.78 is 0.955. The van der Waals surface area contributed by atoms with Gasteiger partial charge in [0.2, 0.25) is 0 Å². The van der Waals surface area contributed by atoms with Crippen molar-refractivity contribution >= 4 is 33.2 Å². The molecule has 0 aliphatic carbocycles. The molecule has 1 aliphatic heterocycles. The highest BCUT2D eigenvalue weighted by atomic mass is 79.9. The van der Waals surface area contributed by atoms with Crippen LogP contribution in [0.1, 0.15) is 34.7 Å². The molecule has 0 bridgehead atoms. The highest BCUT2D eigenvalue weighted by Crippen LogP contribution is 2.30. The van der Waals surface area contributed by atoms with Crippen molar-refractivity contribution in [2.75, 3.05) is 13.1 Å². The fraction of sp³-hybridized carbons (Fsp3) is 0.312. The molecule has 0 spiro atoms. The van der Waals surface area contributed by atoms with Crippen LogP contribution in [0.3, 0.4) is 0 Å². The molecule has 1 amide bonds. The predicted molar refractivity (Wildman–Crippen MR) is 86.3 cm³/mol. The number of benzene rings is 1. The van der Waals surface area contributed by atoms with Gasteiger partial charge in [-0.1, -0.05) is 22.0 Å². The topological polar surface area (TPSA) is 20.3 Å². The molecular formula is C16H16BrNOS. The SMILES string of the molecule is O=C(c1cccc(Br)c1)N1CCC(c2ccsc2)CC1. The molecule has 0 atom stereocenters. The van der Waals surface area contributed by atoms with Crippen molar-refractivity contribution < 1.29 is 4.79 Å². The van der Waals surface area contributed by atoms with Crippen molar-refractivity contribution in [1.82, 2.24) is 4.90 Å². The zero-order valence-corrected chi connectivity index (χ0v) is 13.5. The van der Waals surface area contributed by atoms with E-state index in [2.05, 4.69) is 32.8 Å². The van der Waals surface area contributed by atoms with Crippen LogP contribution in [0.2, 0.25) is 0 Å². The first-order valence-electron chi connectivity index (χ1n) is 6.81. The average Bonchev–Trinajstić information content (AvgIpc) is 3.01. The number of rotatable bonds is 2. The van der Waals surface area contributed by atoms with Crippen LogP contribution in [-0.4, -0.2) is 23.9 Å². The largest absolute Gasteiger partial charge is 0.339 e. The standard InChI is InChI=1S/C16H16BrNOS/c17-15-3-1-2-13(10-15)16(19)18-7-4-12(5-8-18)14-6-9-20-11-14/h1-3,6,9-12H,4-5,7-8H2. The minimum atomic E-state index is 0.148. The summed E-state index contributed by atoms with van der Waals surface area (Å²) in [4.78, 5) is 14.4. The third kappa shape index (κ3) is 2.96. The molecule has 3 rings (SSSR count). The highest BCUT2D eigenvalue weighted by molar-refractivity contribution is 9.10. The summed E-state index contributed by atoms with van der Waals surface area (Å²) in [5, 5.41) is 4.37. The summed E-state index contributed by atoms with van der Waals surface area (Å²) in [5.74, 6) is 0.767. The number of carbonyl (C=O) groups excluding carboxylic acids is 1. The average molecular weight is 350 g/mol. The van der Waals surface area contributed by atoms with Gasteiger partial charge in [0, 0.05) is 23.1 Å². The lowest BCUT2D eigenvalue weighted by molar-refractivity contribution is 0.0713. The van der Waals surface area contributed by atoms with E-state index in [1.807, 2.05) is 29.2 Å². The molecule has 1 saturated heterocycles. The molecule has 1 aliphatic rings. The van der Waals surface area contributed by atoms with E-state index >= 15 is 0 Å². The van der Waals surface area contributed by atoms with Crippen molar-refractivity contribution in [1.29, 1.82) is 0 Å². The summed E-state index contributed by atoms with van der Waals surface area (Å²) >= 11 is 5.17. The predicted octanol–water partition coefficient (Wildman–Crippen LogP) is 4.53. The molecule has 0 N–H and O–H groups in total. The lowest BCUT2D eigenvalue weighted by Gasteiger charge is -2.32. The molecule has 1 aromatic carbocycles. The normalized spacial score (nSPS) is 16.4. The van der Waals surface area contributed by atoms with Gasteiger partial charge in [0.15, 0.2) is 0 Å². The van der Waals surface area contributed by atoms with Gasteiger partial charge < -0.3 is 4.90 Å². The van der Waals surface area contributed by atoms with Crippen molar-refractivity contribution in [3.05, 3.63) is 56.7 Å². The van der Waals surface area contributed by atoms with Gasteiger partial charge in [0.25, 0.3) is 5.91 Å². The Balaban J connectivity index is 1.65. The maximum Gasteiger partial charge on any atom is 0.253 e. The van der Waals surface area contributed by atoms with E-state index in [0.29, 0.717) is 5.92 Å². The molecule has 0 saturated carbocycles.